The van der Waals surface area contributed by atoms with E-state index in [-0.39, 0.29) is 24.8 Å². The zero-order valence-electron chi connectivity index (χ0n) is 11.8. The molecule has 0 aromatic carbocycles. The molecular formula is C13H21F3N2O2. The van der Waals surface area contributed by atoms with E-state index < -0.39 is 24.7 Å². The van der Waals surface area contributed by atoms with Crippen molar-refractivity contribution in [3.05, 3.63) is 0 Å². The molecule has 1 rings (SSSR count). The molecule has 0 aliphatic carbocycles. The van der Waals surface area contributed by atoms with Gasteiger partial charge in [-0.25, -0.2) is 0 Å². The molecule has 0 radical (unpaired) electrons. The van der Waals surface area contributed by atoms with Gasteiger partial charge in [-0.15, -0.1) is 0 Å². The number of hydrogen-bond donors (Lipinski definition) is 1. The maximum Gasteiger partial charge on any atom is 0.389 e. The Kier molecular flexibility index (Phi) is 5.83. The molecule has 0 spiro atoms. The minimum atomic E-state index is -4.23. The van der Waals surface area contributed by atoms with E-state index in [0.717, 1.165) is 0 Å². The van der Waals surface area contributed by atoms with Crippen molar-refractivity contribution < 1.29 is 22.8 Å². The van der Waals surface area contributed by atoms with Gasteiger partial charge in [0.15, 0.2) is 0 Å². The van der Waals surface area contributed by atoms with Gasteiger partial charge in [0.05, 0.1) is 0 Å². The van der Waals surface area contributed by atoms with Gasteiger partial charge in [0.25, 0.3) is 0 Å². The molecule has 0 saturated carbocycles. The minimum absolute atomic E-state index is 0.0209. The van der Waals surface area contributed by atoms with Crippen molar-refractivity contribution in [2.24, 2.45) is 0 Å². The summed E-state index contributed by atoms with van der Waals surface area (Å²) < 4.78 is 36.6. The number of hydrogen-bond acceptors (Lipinski definition) is 2. The van der Waals surface area contributed by atoms with Crippen molar-refractivity contribution in [2.45, 2.75) is 64.2 Å². The first-order chi connectivity index (χ1) is 9.30. The molecule has 2 unspecified atom stereocenters. The molecule has 2 amide bonds. The monoisotopic (exact) mass is 294 g/mol. The summed E-state index contributed by atoms with van der Waals surface area (Å²) in [6.45, 7) is 3.61. The molecular weight excluding hydrogens is 273 g/mol. The largest absolute Gasteiger partial charge is 0.389 e. The first kappa shape index (κ1) is 16.8. The summed E-state index contributed by atoms with van der Waals surface area (Å²) in [5.74, 6) is -0.530. The lowest BCUT2D eigenvalue weighted by Crippen LogP contribution is -2.63. The zero-order chi connectivity index (χ0) is 15.3. The quantitative estimate of drug-likeness (QED) is 0.816. The highest BCUT2D eigenvalue weighted by Gasteiger charge is 2.39. The van der Waals surface area contributed by atoms with E-state index in [2.05, 4.69) is 5.32 Å². The topological polar surface area (TPSA) is 49.4 Å². The predicted molar refractivity (Wildman–Crippen MR) is 67.9 cm³/mol. The third-order valence-corrected chi connectivity index (χ3v) is 3.41. The van der Waals surface area contributed by atoms with Crippen LogP contribution in [0.5, 0.6) is 0 Å². The first-order valence-corrected chi connectivity index (χ1v) is 6.97. The Morgan fingerprint density at radius 1 is 1.25 bits per heavy atom. The average Bonchev–Trinajstić information content (AvgIpc) is 2.35. The van der Waals surface area contributed by atoms with Crippen LogP contribution in [-0.4, -0.2) is 41.5 Å². The van der Waals surface area contributed by atoms with Crippen LogP contribution in [0.1, 0.15) is 46.0 Å². The van der Waals surface area contributed by atoms with E-state index in [1.54, 1.807) is 6.92 Å². The molecule has 0 aromatic rings. The number of alkyl halides is 3. The lowest BCUT2D eigenvalue weighted by molar-refractivity contribution is -0.152. The van der Waals surface area contributed by atoms with Gasteiger partial charge in [-0.2, -0.15) is 13.2 Å². The highest BCUT2D eigenvalue weighted by Crippen LogP contribution is 2.23. The van der Waals surface area contributed by atoms with Crippen LogP contribution in [0.25, 0.3) is 0 Å². The van der Waals surface area contributed by atoms with Crippen molar-refractivity contribution in [3.63, 3.8) is 0 Å². The minimum Gasteiger partial charge on any atom is -0.343 e. The maximum atomic E-state index is 12.2. The molecule has 4 nitrogen and oxygen atoms in total. The van der Waals surface area contributed by atoms with Gasteiger partial charge < -0.3 is 10.2 Å². The lowest BCUT2D eigenvalue weighted by atomic mass is 10.0. The number of piperazine rings is 1. The Morgan fingerprint density at radius 3 is 2.40 bits per heavy atom. The summed E-state index contributed by atoms with van der Waals surface area (Å²) in [5.41, 5.74) is 0. The summed E-state index contributed by atoms with van der Waals surface area (Å²) in [5, 5.41) is 2.63. The van der Waals surface area contributed by atoms with Crippen LogP contribution in [0.3, 0.4) is 0 Å². The van der Waals surface area contributed by atoms with Gasteiger partial charge >= 0.3 is 6.18 Å². The van der Waals surface area contributed by atoms with Crippen LogP contribution in [0.15, 0.2) is 0 Å². The molecule has 1 heterocycles. The summed E-state index contributed by atoms with van der Waals surface area (Å²) in [6, 6.07) is -1.25. The van der Waals surface area contributed by atoms with Gasteiger partial charge in [-0.05, 0) is 19.3 Å². The summed E-state index contributed by atoms with van der Waals surface area (Å²) in [7, 11) is 0. The molecule has 116 valence electrons. The number of rotatable bonds is 6. The lowest BCUT2D eigenvalue weighted by Gasteiger charge is -2.39. The second-order valence-electron chi connectivity index (χ2n) is 5.02. The van der Waals surface area contributed by atoms with E-state index >= 15 is 0 Å². The van der Waals surface area contributed by atoms with Crippen molar-refractivity contribution in [1.29, 1.82) is 0 Å². The third-order valence-electron chi connectivity index (χ3n) is 3.41. The molecule has 0 bridgehead atoms. The molecule has 2 atom stereocenters. The van der Waals surface area contributed by atoms with Crippen molar-refractivity contribution >= 4 is 11.8 Å². The van der Waals surface area contributed by atoms with Crippen molar-refractivity contribution in [2.75, 3.05) is 6.54 Å². The third kappa shape index (κ3) is 4.38. The second-order valence-corrected chi connectivity index (χ2v) is 5.02. The number of nitrogens with one attached hydrogen (secondary N) is 1. The van der Waals surface area contributed by atoms with Crippen LogP contribution < -0.4 is 5.32 Å². The van der Waals surface area contributed by atoms with E-state index in [1.165, 1.54) is 4.90 Å². The SMILES string of the molecule is CCCC1C(=O)NC(CC)C(=O)N1CCCC(F)(F)F. The second kappa shape index (κ2) is 6.95. The number of carbonyl (C=O) groups excluding carboxylic acids is 2. The Bertz CT molecular complexity index is 358. The molecule has 1 aliphatic rings. The Hall–Kier alpha value is -1.27. The average molecular weight is 294 g/mol. The van der Waals surface area contributed by atoms with Crippen LogP contribution in [0.4, 0.5) is 13.2 Å². The number of carbonyl (C=O) groups is 2. The molecule has 1 aliphatic heterocycles. The molecule has 20 heavy (non-hydrogen) atoms. The smallest absolute Gasteiger partial charge is 0.343 e. The van der Waals surface area contributed by atoms with E-state index in [9.17, 15) is 22.8 Å². The Balaban J connectivity index is 2.72. The van der Waals surface area contributed by atoms with Gasteiger partial charge in [0.1, 0.15) is 12.1 Å². The van der Waals surface area contributed by atoms with Crippen LogP contribution in [0.2, 0.25) is 0 Å². The van der Waals surface area contributed by atoms with E-state index in [0.29, 0.717) is 19.3 Å². The number of nitrogens with zero attached hydrogens (tertiary/aromatic N) is 1. The Labute approximate surface area is 116 Å². The fraction of sp³-hybridized carbons (Fsp3) is 0.846. The van der Waals surface area contributed by atoms with Crippen LogP contribution in [-0.2, 0) is 9.59 Å². The zero-order valence-corrected chi connectivity index (χ0v) is 11.8. The van der Waals surface area contributed by atoms with Gasteiger partial charge in [0, 0.05) is 13.0 Å². The molecule has 1 fully saturated rings. The molecule has 1 saturated heterocycles. The standard InChI is InChI=1S/C13H21F3N2O2/c1-3-6-10-11(19)17-9(4-2)12(20)18(10)8-5-7-13(14,15)16/h9-10H,3-8H2,1-2H3,(H,17,19). The van der Waals surface area contributed by atoms with E-state index in [1.807, 2.05) is 6.92 Å². The fourth-order valence-corrected chi connectivity index (χ4v) is 2.38. The van der Waals surface area contributed by atoms with Crippen LogP contribution >= 0.6 is 0 Å². The fourth-order valence-electron chi connectivity index (χ4n) is 2.38. The van der Waals surface area contributed by atoms with E-state index in [4.69, 9.17) is 0 Å². The maximum absolute atomic E-state index is 12.2. The molecule has 7 heteroatoms. The first-order valence-electron chi connectivity index (χ1n) is 6.97. The van der Waals surface area contributed by atoms with Crippen molar-refractivity contribution in [3.8, 4) is 0 Å². The predicted octanol–water partition coefficient (Wildman–Crippen LogP) is 2.23. The highest BCUT2D eigenvalue weighted by molar-refractivity contribution is 5.96. The Morgan fingerprint density at radius 2 is 1.90 bits per heavy atom. The normalized spacial score (nSPS) is 23.9. The molecule has 0 aromatic heterocycles. The van der Waals surface area contributed by atoms with Gasteiger partial charge in [-0.1, -0.05) is 20.3 Å². The van der Waals surface area contributed by atoms with Crippen LogP contribution in [0, 0.1) is 0 Å². The summed E-state index contributed by atoms with van der Waals surface area (Å²) in [6.07, 6.45) is -3.73. The summed E-state index contributed by atoms with van der Waals surface area (Å²) >= 11 is 0. The highest BCUT2D eigenvalue weighted by atomic mass is 19.4. The summed E-state index contributed by atoms with van der Waals surface area (Å²) in [4.78, 5) is 25.4. The molecule has 1 N–H and O–H groups in total. The van der Waals surface area contributed by atoms with Gasteiger partial charge in [-0.3, -0.25) is 9.59 Å². The number of amides is 2. The van der Waals surface area contributed by atoms with Gasteiger partial charge in [0.2, 0.25) is 11.8 Å². The van der Waals surface area contributed by atoms with Crippen molar-refractivity contribution in [1.82, 2.24) is 10.2 Å². The number of halogens is 3.